The van der Waals surface area contributed by atoms with Crippen molar-refractivity contribution in [2.75, 3.05) is 38.3 Å². The van der Waals surface area contributed by atoms with E-state index in [1.807, 2.05) is 6.92 Å². The van der Waals surface area contributed by atoms with E-state index in [1.54, 1.807) is 7.11 Å². The molecule has 2 saturated heterocycles. The van der Waals surface area contributed by atoms with E-state index in [4.69, 9.17) is 14.7 Å². The summed E-state index contributed by atoms with van der Waals surface area (Å²) in [6.45, 7) is 7.22. The van der Waals surface area contributed by atoms with Crippen LogP contribution in [0.4, 0.5) is 5.95 Å². The van der Waals surface area contributed by atoms with Crippen LogP contribution in [0.25, 0.3) is 10.9 Å². The molecule has 2 fully saturated rings. The molecule has 0 N–H and O–H groups in total. The summed E-state index contributed by atoms with van der Waals surface area (Å²) in [7, 11) is 1.72. The van der Waals surface area contributed by atoms with Gasteiger partial charge in [0.2, 0.25) is 11.9 Å². The fraction of sp³-hybridized carbons (Fsp3) is 0.609. The van der Waals surface area contributed by atoms with Crippen LogP contribution < -0.4 is 4.90 Å². The molecule has 6 nitrogen and oxygen atoms in total. The third-order valence-electron chi connectivity index (χ3n) is 6.35. The molecule has 4 rings (SSSR count). The molecule has 2 aliphatic heterocycles. The molecule has 0 spiro atoms. The zero-order valence-corrected chi connectivity index (χ0v) is 17.9. The van der Waals surface area contributed by atoms with Gasteiger partial charge in [0.05, 0.1) is 29.8 Å². The van der Waals surface area contributed by atoms with Gasteiger partial charge in [0.25, 0.3) is 0 Å². The van der Waals surface area contributed by atoms with Crippen LogP contribution in [0.15, 0.2) is 18.2 Å². The number of carbonyl (C=O) groups is 1. The van der Waals surface area contributed by atoms with Gasteiger partial charge >= 0.3 is 0 Å². The summed E-state index contributed by atoms with van der Waals surface area (Å²) in [4.78, 5) is 27.2. The molecule has 3 heterocycles. The quantitative estimate of drug-likeness (QED) is 0.792. The Bertz CT molecular complexity index is 883. The van der Waals surface area contributed by atoms with Crippen LogP contribution in [0.2, 0.25) is 0 Å². The van der Waals surface area contributed by atoms with Gasteiger partial charge in [0, 0.05) is 32.1 Å². The molecule has 0 saturated carbocycles. The average Bonchev–Trinajstić information content (AvgIpc) is 2.73. The molecule has 156 valence electrons. The number of amides is 1. The van der Waals surface area contributed by atoms with Crippen molar-refractivity contribution in [2.24, 2.45) is 5.92 Å². The molecule has 1 aromatic heterocycles. The molecule has 2 atom stereocenters. The number of aryl methyl sites for hydroxylation is 2. The molecule has 1 aromatic carbocycles. The van der Waals surface area contributed by atoms with Crippen molar-refractivity contribution in [3.63, 3.8) is 0 Å². The summed E-state index contributed by atoms with van der Waals surface area (Å²) in [5.41, 5.74) is 3.18. The van der Waals surface area contributed by atoms with Crippen LogP contribution in [0.1, 0.15) is 43.4 Å². The zero-order valence-electron chi connectivity index (χ0n) is 17.9. The first-order valence-electron chi connectivity index (χ1n) is 10.9. The Balaban J connectivity index is 1.53. The number of anilines is 1. The van der Waals surface area contributed by atoms with Crippen LogP contribution in [-0.2, 0) is 9.53 Å². The number of hydrogen-bond acceptors (Lipinski definition) is 5. The maximum atomic E-state index is 13.3. The summed E-state index contributed by atoms with van der Waals surface area (Å²) in [5.74, 6) is 1.05. The normalized spacial score (nSPS) is 22.9. The fourth-order valence-corrected chi connectivity index (χ4v) is 4.78. The zero-order chi connectivity index (χ0) is 20.4. The lowest BCUT2D eigenvalue weighted by molar-refractivity contribution is -0.141. The van der Waals surface area contributed by atoms with E-state index in [0.29, 0.717) is 13.2 Å². The fourth-order valence-electron chi connectivity index (χ4n) is 4.78. The molecular formula is C23H32N4O2. The standard InChI is InChI=1S/C23H32N4O2/c1-16-9-10-20-17(2)24-23(25-21(20)13-16)26-11-6-7-18(14-26)22(28)27-12-5-4-8-19(27)15-29-3/h9-10,13,18-19H,4-8,11-12,14-15H2,1-3H3. The first-order chi connectivity index (χ1) is 14.1. The van der Waals surface area contributed by atoms with Gasteiger partial charge in [-0.3, -0.25) is 4.79 Å². The summed E-state index contributed by atoms with van der Waals surface area (Å²) < 4.78 is 5.38. The first kappa shape index (κ1) is 20.1. The van der Waals surface area contributed by atoms with Crippen molar-refractivity contribution in [3.8, 4) is 0 Å². The lowest BCUT2D eigenvalue weighted by Crippen LogP contribution is -2.51. The van der Waals surface area contributed by atoms with Crippen molar-refractivity contribution in [1.82, 2.24) is 14.9 Å². The molecule has 29 heavy (non-hydrogen) atoms. The van der Waals surface area contributed by atoms with Gasteiger partial charge in [-0.15, -0.1) is 0 Å². The van der Waals surface area contributed by atoms with Gasteiger partial charge in [-0.05, 0) is 57.6 Å². The number of aromatic nitrogens is 2. The summed E-state index contributed by atoms with van der Waals surface area (Å²) >= 11 is 0. The van der Waals surface area contributed by atoms with Crippen molar-refractivity contribution >= 4 is 22.8 Å². The second kappa shape index (κ2) is 8.66. The largest absolute Gasteiger partial charge is 0.383 e. The highest BCUT2D eigenvalue weighted by atomic mass is 16.5. The summed E-state index contributed by atoms with van der Waals surface area (Å²) in [6.07, 6.45) is 5.25. The second-order valence-electron chi connectivity index (χ2n) is 8.55. The Morgan fingerprint density at radius 1 is 1.14 bits per heavy atom. The van der Waals surface area contributed by atoms with Gasteiger partial charge in [-0.1, -0.05) is 12.1 Å². The Hall–Kier alpha value is -2.21. The van der Waals surface area contributed by atoms with Crippen molar-refractivity contribution < 1.29 is 9.53 Å². The Kier molecular flexibility index (Phi) is 5.99. The molecule has 1 amide bonds. The Morgan fingerprint density at radius 2 is 2.00 bits per heavy atom. The Morgan fingerprint density at radius 3 is 2.83 bits per heavy atom. The first-order valence-corrected chi connectivity index (χ1v) is 10.9. The minimum atomic E-state index is 0.0123. The Labute approximate surface area is 173 Å². The smallest absolute Gasteiger partial charge is 0.227 e. The van der Waals surface area contributed by atoms with Crippen LogP contribution in [0, 0.1) is 19.8 Å². The average molecular weight is 397 g/mol. The lowest BCUT2D eigenvalue weighted by Gasteiger charge is -2.40. The highest BCUT2D eigenvalue weighted by Gasteiger charge is 2.34. The monoisotopic (exact) mass is 396 g/mol. The minimum Gasteiger partial charge on any atom is -0.383 e. The molecule has 0 bridgehead atoms. The van der Waals surface area contributed by atoms with Crippen LogP contribution >= 0.6 is 0 Å². The maximum absolute atomic E-state index is 13.3. The van der Waals surface area contributed by atoms with E-state index in [-0.39, 0.29) is 17.9 Å². The number of hydrogen-bond donors (Lipinski definition) is 0. The number of methoxy groups -OCH3 is 1. The van der Waals surface area contributed by atoms with E-state index in [1.165, 1.54) is 12.0 Å². The van der Waals surface area contributed by atoms with E-state index in [0.717, 1.165) is 61.3 Å². The number of ether oxygens (including phenoxy) is 1. The third-order valence-corrected chi connectivity index (χ3v) is 6.35. The molecule has 2 aliphatic rings. The van der Waals surface area contributed by atoms with Gasteiger partial charge in [-0.2, -0.15) is 0 Å². The second-order valence-corrected chi connectivity index (χ2v) is 8.55. The van der Waals surface area contributed by atoms with E-state index >= 15 is 0 Å². The van der Waals surface area contributed by atoms with Crippen molar-refractivity contribution in [2.45, 2.75) is 52.0 Å². The highest BCUT2D eigenvalue weighted by Crippen LogP contribution is 2.27. The van der Waals surface area contributed by atoms with Gasteiger partial charge in [0.15, 0.2) is 0 Å². The van der Waals surface area contributed by atoms with E-state index in [9.17, 15) is 4.79 Å². The maximum Gasteiger partial charge on any atom is 0.227 e. The SMILES string of the molecule is COCC1CCCCN1C(=O)C1CCCN(c2nc(C)c3ccc(C)cc3n2)C1. The van der Waals surface area contributed by atoms with Gasteiger partial charge in [-0.25, -0.2) is 9.97 Å². The van der Waals surface area contributed by atoms with E-state index in [2.05, 4.69) is 34.9 Å². The molecule has 0 aliphatic carbocycles. The summed E-state index contributed by atoms with van der Waals surface area (Å²) in [5, 5.41) is 1.10. The van der Waals surface area contributed by atoms with Crippen LogP contribution in [-0.4, -0.2) is 60.2 Å². The predicted octanol–water partition coefficient (Wildman–Crippen LogP) is 3.49. The number of rotatable bonds is 4. The number of fused-ring (bicyclic) bond motifs is 1. The van der Waals surface area contributed by atoms with Crippen molar-refractivity contribution in [1.29, 1.82) is 0 Å². The molecular weight excluding hydrogens is 364 g/mol. The highest BCUT2D eigenvalue weighted by molar-refractivity contribution is 5.83. The van der Waals surface area contributed by atoms with Crippen molar-refractivity contribution in [3.05, 3.63) is 29.5 Å². The van der Waals surface area contributed by atoms with Gasteiger partial charge < -0.3 is 14.5 Å². The predicted molar refractivity (Wildman–Crippen MR) is 115 cm³/mol. The molecule has 2 aromatic rings. The van der Waals surface area contributed by atoms with E-state index < -0.39 is 0 Å². The topological polar surface area (TPSA) is 58.6 Å². The van der Waals surface area contributed by atoms with Crippen LogP contribution in [0.5, 0.6) is 0 Å². The van der Waals surface area contributed by atoms with Gasteiger partial charge in [0.1, 0.15) is 0 Å². The molecule has 0 radical (unpaired) electrons. The number of likely N-dealkylation sites (tertiary alicyclic amines) is 1. The van der Waals surface area contributed by atoms with Crippen LogP contribution in [0.3, 0.4) is 0 Å². The number of carbonyl (C=O) groups excluding carboxylic acids is 1. The summed E-state index contributed by atoms with van der Waals surface area (Å²) in [6, 6.07) is 6.53. The minimum absolute atomic E-state index is 0.0123. The number of nitrogens with zero attached hydrogens (tertiary/aromatic N) is 4. The number of piperidine rings is 2. The third kappa shape index (κ3) is 4.22. The number of benzene rings is 1. The molecule has 2 unspecified atom stereocenters. The lowest BCUT2D eigenvalue weighted by atomic mass is 9.93. The molecule has 6 heteroatoms.